The van der Waals surface area contributed by atoms with Gasteiger partial charge in [-0.25, -0.2) is 9.97 Å². The van der Waals surface area contributed by atoms with E-state index in [1.807, 2.05) is 25.4 Å². The third-order valence-corrected chi connectivity index (χ3v) is 4.16. The quantitative estimate of drug-likeness (QED) is 0.767. The second kappa shape index (κ2) is 5.58. The average Bonchev–Trinajstić information content (AvgIpc) is 2.96. The van der Waals surface area contributed by atoms with Gasteiger partial charge in [0.15, 0.2) is 11.5 Å². The molecule has 1 aliphatic heterocycles. The van der Waals surface area contributed by atoms with E-state index in [4.69, 9.17) is 4.98 Å². The van der Waals surface area contributed by atoms with Crippen LogP contribution >= 0.6 is 0 Å². The zero-order valence-electron chi connectivity index (χ0n) is 13.3. The van der Waals surface area contributed by atoms with Crippen molar-refractivity contribution in [3.8, 4) is 11.4 Å². The molecule has 7 nitrogen and oxygen atoms in total. The lowest BCUT2D eigenvalue weighted by atomic mass is 10.2. The Balaban J connectivity index is 1.88. The SMILES string of the molecule is C[C@@H]1CN(c2nc(-c3cccnc3)nc3c2cnn3C)CCN1. The predicted molar refractivity (Wildman–Crippen MR) is 89.2 cm³/mol. The number of hydrogen-bond donors (Lipinski definition) is 1. The Labute approximate surface area is 134 Å². The minimum Gasteiger partial charge on any atom is -0.353 e. The molecule has 0 amide bonds. The van der Waals surface area contributed by atoms with E-state index in [1.165, 1.54) is 0 Å². The number of nitrogens with one attached hydrogen (secondary N) is 1. The number of fused-ring (bicyclic) bond motifs is 1. The number of aryl methyl sites for hydroxylation is 1. The van der Waals surface area contributed by atoms with E-state index in [9.17, 15) is 0 Å². The fraction of sp³-hybridized carbons (Fsp3) is 0.375. The van der Waals surface area contributed by atoms with Crippen LogP contribution in [0.2, 0.25) is 0 Å². The molecule has 3 aromatic rings. The summed E-state index contributed by atoms with van der Waals surface area (Å²) in [7, 11) is 1.91. The highest BCUT2D eigenvalue weighted by Gasteiger charge is 2.22. The molecule has 0 bridgehead atoms. The van der Waals surface area contributed by atoms with Crippen LogP contribution in [0, 0.1) is 0 Å². The van der Waals surface area contributed by atoms with E-state index in [0.29, 0.717) is 11.9 Å². The highest BCUT2D eigenvalue weighted by molar-refractivity contribution is 5.88. The summed E-state index contributed by atoms with van der Waals surface area (Å²) in [6.45, 7) is 5.00. The molecular weight excluding hydrogens is 290 g/mol. The van der Waals surface area contributed by atoms with Crippen molar-refractivity contribution in [2.45, 2.75) is 13.0 Å². The smallest absolute Gasteiger partial charge is 0.165 e. The van der Waals surface area contributed by atoms with E-state index < -0.39 is 0 Å². The van der Waals surface area contributed by atoms with Crippen LogP contribution < -0.4 is 10.2 Å². The van der Waals surface area contributed by atoms with Crippen LogP contribution in [0.25, 0.3) is 22.4 Å². The summed E-state index contributed by atoms with van der Waals surface area (Å²) in [6, 6.07) is 4.32. The fourth-order valence-corrected chi connectivity index (χ4v) is 3.00. The summed E-state index contributed by atoms with van der Waals surface area (Å²) in [6.07, 6.45) is 5.40. The first kappa shape index (κ1) is 14.1. The molecule has 0 aliphatic carbocycles. The number of nitrogens with zero attached hydrogens (tertiary/aromatic N) is 6. The Bertz CT molecular complexity index is 827. The van der Waals surface area contributed by atoms with Crippen LogP contribution in [-0.2, 0) is 7.05 Å². The zero-order chi connectivity index (χ0) is 15.8. The third kappa shape index (κ3) is 2.53. The molecule has 0 spiro atoms. The van der Waals surface area contributed by atoms with Gasteiger partial charge >= 0.3 is 0 Å². The summed E-state index contributed by atoms with van der Waals surface area (Å²) in [5, 5.41) is 8.82. The van der Waals surface area contributed by atoms with E-state index in [1.54, 1.807) is 17.1 Å². The van der Waals surface area contributed by atoms with E-state index in [0.717, 1.165) is 42.0 Å². The summed E-state index contributed by atoms with van der Waals surface area (Å²) >= 11 is 0. The molecule has 1 aliphatic rings. The van der Waals surface area contributed by atoms with Gasteiger partial charge in [-0.15, -0.1) is 0 Å². The molecule has 3 aromatic heterocycles. The first-order valence-corrected chi connectivity index (χ1v) is 7.81. The van der Waals surface area contributed by atoms with Crippen molar-refractivity contribution in [1.82, 2.24) is 30.0 Å². The van der Waals surface area contributed by atoms with Crippen molar-refractivity contribution in [1.29, 1.82) is 0 Å². The van der Waals surface area contributed by atoms with Crippen molar-refractivity contribution >= 4 is 16.9 Å². The van der Waals surface area contributed by atoms with Crippen molar-refractivity contribution in [2.24, 2.45) is 7.05 Å². The van der Waals surface area contributed by atoms with Gasteiger partial charge in [-0.2, -0.15) is 5.10 Å². The van der Waals surface area contributed by atoms with Crippen LogP contribution in [0.1, 0.15) is 6.92 Å². The molecule has 23 heavy (non-hydrogen) atoms. The van der Waals surface area contributed by atoms with Crippen LogP contribution in [0.5, 0.6) is 0 Å². The van der Waals surface area contributed by atoms with Gasteiger partial charge in [-0.05, 0) is 19.1 Å². The number of pyridine rings is 1. The van der Waals surface area contributed by atoms with Crippen molar-refractivity contribution in [3.05, 3.63) is 30.7 Å². The average molecular weight is 309 g/mol. The number of hydrogen-bond acceptors (Lipinski definition) is 6. The van der Waals surface area contributed by atoms with Gasteiger partial charge in [0.2, 0.25) is 0 Å². The van der Waals surface area contributed by atoms with Gasteiger partial charge in [-0.1, -0.05) is 0 Å². The minimum absolute atomic E-state index is 0.437. The monoisotopic (exact) mass is 309 g/mol. The standard InChI is InChI=1S/C16H19N7/c1-11-10-23(7-6-18-11)16-13-9-19-22(2)15(13)20-14(21-16)12-4-3-5-17-8-12/h3-5,8-9,11,18H,6-7,10H2,1-2H3/t11-/m1/s1. The molecule has 0 unspecified atom stereocenters. The second-order valence-corrected chi connectivity index (χ2v) is 5.92. The molecule has 1 atom stereocenters. The van der Waals surface area contributed by atoms with Crippen molar-refractivity contribution in [2.75, 3.05) is 24.5 Å². The maximum Gasteiger partial charge on any atom is 0.165 e. The molecule has 1 saturated heterocycles. The van der Waals surface area contributed by atoms with E-state index in [2.05, 4.69) is 32.2 Å². The summed E-state index contributed by atoms with van der Waals surface area (Å²) in [5.41, 5.74) is 1.76. The lowest BCUT2D eigenvalue weighted by Crippen LogP contribution is -2.49. The Hall–Kier alpha value is -2.54. The molecule has 4 heterocycles. The molecule has 118 valence electrons. The normalized spacial score (nSPS) is 18.5. The molecule has 0 saturated carbocycles. The predicted octanol–water partition coefficient (Wildman–Crippen LogP) is 1.22. The molecule has 1 fully saturated rings. The highest BCUT2D eigenvalue weighted by Crippen LogP contribution is 2.27. The summed E-state index contributed by atoms with van der Waals surface area (Å²) in [4.78, 5) is 16.0. The minimum atomic E-state index is 0.437. The first-order valence-electron chi connectivity index (χ1n) is 7.81. The molecule has 0 radical (unpaired) electrons. The van der Waals surface area contributed by atoms with Crippen LogP contribution in [0.3, 0.4) is 0 Å². The number of aromatic nitrogens is 5. The zero-order valence-corrected chi connectivity index (χ0v) is 13.3. The van der Waals surface area contributed by atoms with Crippen LogP contribution in [0.15, 0.2) is 30.7 Å². The highest BCUT2D eigenvalue weighted by atomic mass is 15.3. The lowest BCUT2D eigenvalue weighted by Gasteiger charge is -2.33. The second-order valence-electron chi connectivity index (χ2n) is 5.92. The van der Waals surface area contributed by atoms with Gasteiger partial charge in [0, 0.05) is 50.7 Å². The van der Waals surface area contributed by atoms with Crippen LogP contribution in [-0.4, -0.2) is 50.4 Å². The topological polar surface area (TPSA) is 71.8 Å². The molecule has 0 aromatic carbocycles. The number of anilines is 1. The molecule has 4 rings (SSSR count). The maximum absolute atomic E-state index is 4.84. The largest absolute Gasteiger partial charge is 0.353 e. The van der Waals surface area contributed by atoms with Gasteiger partial charge in [0.25, 0.3) is 0 Å². The molecule has 1 N–H and O–H groups in total. The van der Waals surface area contributed by atoms with Crippen molar-refractivity contribution < 1.29 is 0 Å². The van der Waals surface area contributed by atoms with Crippen LogP contribution in [0.4, 0.5) is 5.82 Å². The maximum atomic E-state index is 4.84. The van der Waals surface area contributed by atoms with Gasteiger partial charge in [0.05, 0.1) is 11.6 Å². The third-order valence-electron chi connectivity index (χ3n) is 4.16. The number of rotatable bonds is 2. The Morgan fingerprint density at radius 3 is 2.96 bits per heavy atom. The summed E-state index contributed by atoms with van der Waals surface area (Å²) < 4.78 is 1.80. The number of piperazine rings is 1. The Morgan fingerprint density at radius 2 is 2.17 bits per heavy atom. The van der Waals surface area contributed by atoms with E-state index in [-0.39, 0.29) is 0 Å². The molecule has 7 heteroatoms. The lowest BCUT2D eigenvalue weighted by molar-refractivity contribution is 0.483. The first-order chi connectivity index (χ1) is 11.2. The summed E-state index contributed by atoms with van der Waals surface area (Å²) in [5.74, 6) is 1.64. The van der Waals surface area contributed by atoms with Gasteiger partial charge < -0.3 is 10.2 Å². The van der Waals surface area contributed by atoms with Gasteiger partial charge in [-0.3, -0.25) is 9.67 Å². The van der Waals surface area contributed by atoms with Crippen molar-refractivity contribution in [3.63, 3.8) is 0 Å². The Kier molecular flexibility index (Phi) is 3.42. The van der Waals surface area contributed by atoms with Gasteiger partial charge in [0.1, 0.15) is 5.82 Å². The molecular formula is C16H19N7. The fourth-order valence-electron chi connectivity index (χ4n) is 3.00. The Morgan fingerprint density at radius 1 is 1.26 bits per heavy atom. The van der Waals surface area contributed by atoms with E-state index >= 15 is 0 Å².